The molecule has 0 amide bonds. The molecule has 2 fully saturated rings. The molecular formula is C10H19NO. The van der Waals surface area contributed by atoms with Crippen LogP contribution in [0.4, 0.5) is 0 Å². The lowest BCUT2D eigenvalue weighted by Gasteiger charge is -2.16. The highest BCUT2D eigenvalue weighted by atomic mass is 16.5. The van der Waals surface area contributed by atoms with Crippen LogP contribution in [-0.2, 0) is 4.74 Å². The van der Waals surface area contributed by atoms with Gasteiger partial charge in [-0.1, -0.05) is 12.8 Å². The van der Waals surface area contributed by atoms with Gasteiger partial charge in [0, 0.05) is 6.04 Å². The molecule has 2 N–H and O–H groups in total. The lowest BCUT2D eigenvalue weighted by Crippen LogP contribution is -2.30. The van der Waals surface area contributed by atoms with Crippen molar-refractivity contribution < 1.29 is 4.74 Å². The lowest BCUT2D eigenvalue weighted by molar-refractivity contribution is 0.117. The van der Waals surface area contributed by atoms with Gasteiger partial charge in [-0.2, -0.15) is 0 Å². The van der Waals surface area contributed by atoms with Crippen LogP contribution in [0.1, 0.15) is 32.6 Å². The summed E-state index contributed by atoms with van der Waals surface area (Å²) in [6.45, 7) is 3.04. The van der Waals surface area contributed by atoms with Gasteiger partial charge in [-0.25, -0.2) is 0 Å². The van der Waals surface area contributed by atoms with Crippen LogP contribution in [0, 0.1) is 11.8 Å². The third-order valence-electron chi connectivity index (χ3n) is 3.14. The van der Waals surface area contributed by atoms with Gasteiger partial charge >= 0.3 is 0 Å². The Morgan fingerprint density at radius 2 is 2.25 bits per heavy atom. The maximum Gasteiger partial charge on any atom is 0.0551 e. The third kappa shape index (κ3) is 1.99. The zero-order chi connectivity index (χ0) is 8.55. The second-order valence-corrected chi connectivity index (χ2v) is 4.48. The molecule has 2 nitrogen and oxygen atoms in total. The number of hydrogen-bond acceptors (Lipinski definition) is 2. The minimum absolute atomic E-state index is 0.405. The first kappa shape index (κ1) is 8.52. The zero-order valence-electron chi connectivity index (χ0n) is 7.83. The Morgan fingerprint density at radius 1 is 1.50 bits per heavy atom. The van der Waals surface area contributed by atoms with Gasteiger partial charge in [0.15, 0.2) is 0 Å². The van der Waals surface area contributed by atoms with Gasteiger partial charge in [-0.05, 0) is 31.6 Å². The average Bonchev–Trinajstić information content (AvgIpc) is 2.72. The summed E-state index contributed by atoms with van der Waals surface area (Å²) in [6.07, 6.45) is 5.68. The summed E-state index contributed by atoms with van der Waals surface area (Å²) in [7, 11) is 0. The quantitative estimate of drug-likeness (QED) is 0.695. The van der Waals surface area contributed by atoms with Crippen LogP contribution in [0.25, 0.3) is 0 Å². The van der Waals surface area contributed by atoms with E-state index in [4.69, 9.17) is 10.5 Å². The second-order valence-electron chi connectivity index (χ2n) is 4.48. The minimum atomic E-state index is 0.405. The van der Waals surface area contributed by atoms with Crippen molar-refractivity contribution in [2.24, 2.45) is 17.6 Å². The zero-order valence-corrected chi connectivity index (χ0v) is 7.83. The fraction of sp³-hybridized carbons (Fsp3) is 1.00. The fourth-order valence-electron chi connectivity index (χ4n) is 2.08. The first-order chi connectivity index (χ1) is 5.75. The Morgan fingerprint density at radius 3 is 2.75 bits per heavy atom. The number of ether oxygens (including phenoxy) is 1. The van der Waals surface area contributed by atoms with Crippen LogP contribution in [0.3, 0.4) is 0 Å². The Kier molecular flexibility index (Phi) is 2.37. The molecule has 0 radical (unpaired) electrons. The summed E-state index contributed by atoms with van der Waals surface area (Å²) < 4.78 is 5.51. The largest absolute Gasteiger partial charge is 0.378 e. The van der Waals surface area contributed by atoms with E-state index in [2.05, 4.69) is 6.92 Å². The normalized spacial score (nSPS) is 38.5. The molecule has 0 spiro atoms. The van der Waals surface area contributed by atoms with E-state index in [1.54, 1.807) is 0 Å². The summed E-state index contributed by atoms with van der Waals surface area (Å²) >= 11 is 0. The molecule has 0 aromatic carbocycles. The molecule has 2 aliphatic rings. The van der Waals surface area contributed by atoms with E-state index in [1.165, 1.54) is 25.7 Å². The summed E-state index contributed by atoms with van der Waals surface area (Å²) in [5.74, 6) is 1.59. The molecule has 1 saturated carbocycles. The van der Waals surface area contributed by atoms with Gasteiger partial charge < -0.3 is 10.5 Å². The van der Waals surface area contributed by atoms with Crippen LogP contribution in [0.5, 0.6) is 0 Å². The molecule has 1 heterocycles. The van der Waals surface area contributed by atoms with Crippen LogP contribution < -0.4 is 5.73 Å². The van der Waals surface area contributed by atoms with Gasteiger partial charge in [0.2, 0.25) is 0 Å². The lowest BCUT2D eigenvalue weighted by atomic mass is 9.94. The van der Waals surface area contributed by atoms with Crippen molar-refractivity contribution in [1.82, 2.24) is 0 Å². The monoisotopic (exact) mass is 169 g/mol. The molecule has 0 aromatic heterocycles. The van der Waals surface area contributed by atoms with E-state index in [9.17, 15) is 0 Å². The van der Waals surface area contributed by atoms with E-state index < -0.39 is 0 Å². The van der Waals surface area contributed by atoms with Gasteiger partial charge in [0.05, 0.1) is 12.7 Å². The third-order valence-corrected chi connectivity index (χ3v) is 3.14. The molecule has 70 valence electrons. The van der Waals surface area contributed by atoms with Crippen molar-refractivity contribution in [2.75, 3.05) is 6.61 Å². The second kappa shape index (κ2) is 3.35. The predicted molar refractivity (Wildman–Crippen MR) is 48.8 cm³/mol. The van der Waals surface area contributed by atoms with Crippen molar-refractivity contribution in [3.8, 4) is 0 Å². The summed E-state index contributed by atoms with van der Waals surface area (Å²) in [5, 5.41) is 0. The van der Waals surface area contributed by atoms with E-state index in [-0.39, 0.29) is 0 Å². The highest BCUT2D eigenvalue weighted by Gasteiger charge is 2.31. The molecule has 0 bridgehead atoms. The van der Waals surface area contributed by atoms with E-state index >= 15 is 0 Å². The van der Waals surface area contributed by atoms with Gasteiger partial charge in [0.1, 0.15) is 0 Å². The first-order valence-electron chi connectivity index (χ1n) is 5.13. The predicted octanol–water partition coefficient (Wildman–Crippen LogP) is 1.54. The Balaban J connectivity index is 1.74. The topological polar surface area (TPSA) is 35.2 Å². The molecule has 3 unspecified atom stereocenters. The molecule has 2 rings (SSSR count). The van der Waals surface area contributed by atoms with Gasteiger partial charge in [0.25, 0.3) is 0 Å². The standard InChI is InChI=1S/C10H19NO/c1-7-4-9(6-12-7)10(11)5-8-2-3-8/h7-10H,2-6,11H2,1H3. The molecular weight excluding hydrogens is 150 g/mol. The van der Waals surface area contributed by atoms with E-state index in [1.807, 2.05) is 0 Å². The van der Waals surface area contributed by atoms with E-state index in [0.717, 1.165) is 12.5 Å². The van der Waals surface area contributed by atoms with Crippen LogP contribution in [-0.4, -0.2) is 18.8 Å². The Hall–Kier alpha value is -0.0800. The Labute approximate surface area is 74.5 Å². The Bertz CT molecular complexity index is 156. The van der Waals surface area contributed by atoms with E-state index in [0.29, 0.717) is 18.1 Å². The molecule has 3 atom stereocenters. The van der Waals surface area contributed by atoms with Crippen molar-refractivity contribution in [3.63, 3.8) is 0 Å². The maximum absolute atomic E-state index is 6.10. The van der Waals surface area contributed by atoms with Gasteiger partial charge in [-0.3, -0.25) is 0 Å². The van der Waals surface area contributed by atoms with Gasteiger partial charge in [-0.15, -0.1) is 0 Å². The molecule has 0 aromatic rings. The van der Waals surface area contributed by atoms with Crippen LogP contribution in [0.15, 0.2) is 0 Å². The number of hydrogen-bond donors (Lipinski definition) is 1. The summed E-state index contributed by atoms with van der Waals surface area (Å²) in [5.41, 5.74) is 6.10. The molecule has 1 aliphatic heterocycles. The maximum atomic E-state index is 6.10. The number of nitrogens with two attached hydrogens (primary N) is 1. The van der Waals surface area contributed by atoms with Crippen molar-refractivity contribution in [3.05, 3.63) is 0 Å². The van der Waals surface area contributed by atoms with Crippen molar-refractivity contribution in [2.45, 2.75) is 44.8 Å². The highest BCUT2D eigenvalue weighted by Crippen LogP contribution is 2.36. The van der Waals surface area contributed by atoms with Crippen LogP contribution in [0.2, 0.25) is 0 Å². The SMILES string of the molecule is CC1CC(C(N)CC2CC2)CO1. The van der Waals surface area contributed by atoms with Crippen LogP contribution >= 0.6 is 0 Å². The molecule has 12 heavy (non-hydrogen) atoms. The smallest absolute Gasteiger partial charge is 0.0551 e. The van der Waals surface area contributed by atoms with Crippen molar-refractivity contribution >= 4 is 0 Å². The minimum Gasteiger partial charge on any atom is -0.378 e. The molecule has 1 saturated heterocycles. The number of rotatable bonds is 3. The summed E-state index contributed by atoms with van der Waals surface area (Å²) in [6, 6.07) is 0.405. The van der Waals surface area contributed by atoms with Crippen molar-refractivity contribution in [1.29, 1.82) is 0 Å². The average molecular weight is 169 g/mol. The first-order valence-corrected chi connectivity index (χ1v) is 5.13. The highest BCUT2D eigenvalue weighted by molar-refractivity contribution is 4.85. The summed E-state index contributed by atoms with van der Waals surface area (Å²) in [4.78, 5) is 0. The fourth-order valence-corrected chi connectivity index (χ4v) is 2.08. The molecule has 1 aliphatic carbocycles. The molecule has 2 heteroatoms.